The molecule has 190 valence electrons. The van der Waals surface area contributed by atoms with E-state index < -0.39 is 10.0 Å². The number of sulfonamides is 1. The number of hydrogen-bond acceptors (Lipinski definition) is 6. The largest absolute Gasteiger partial charge is 0.472 e. The second kappa shape index (κ2) is 9.57. The number of furan rings is 1. The molecule has 0 saturated carbocycles. The Hall–Kier alpha value is -3.41. The summed E-state index contributed by atoms with van der Waals surface area (Å²) in [6, 6.07) is 10.3. The Morgan fingerprint density at radius 3 is 2.39 bits per heavy atom. The maximum Gasteiger partial charge on any atom is 0.331 e. The van der Waals surface area contributed by atoms with Crippen LogP contribution in [-0.2, 0) is 30.2 Å². The molecule has 4 aromatic rings. The number of nitrogens with zero attached hydrogens (tertiary/aromatic N) is 4. The second-order valence-corrected chi connectivity index (χ2v) is 11.0. The minimum Gasteiger partial charge on any atom is -0.472 e. The van der Waals surface area contributed by atoms with Gasteiger partial charge < -0.3 is 9.40 Å². The van der Waals surface area contributed by atoms with Gasteiger partial charge in [-0.05, 0) is 36.2 Å². The van der Waals surface area contributed by atoms with Gasteiger partial charge in [-0.3, -0.25) is 18.8 Å². The Kier molecular flexibility index (Phi) is 6.45. The van der Waals surface area contributed by atoms with Crippen LogP contribution in [0.3, 0.4) is 0 Å². The molecule has 0 spiro atoms. The summed E-state index contributed by atoms with van der Waals surface area (Å²) < 4.78 is 35.8. The molecular weight excluding hydrogens is 482 g/mol. The SMILES string of the molecule is CCCn1c(=O)c2[nH]c(-c3ccc(S(=O)(=O)N4CCN(Cc5ccoc5)CC4)cc3)cc2n(C)c1=O. The Morgan fingerprint density at radius 2 is 1.75 bits per heavy atom. The fourth-order valence-electron chi connectivity index (χ4n) is 4.68. The van der Waals surface area contributed by atoms with Crippen LogP contribution in [0.5, 0.6) is 0 Å². The minimum atomic E-state index is -3.62. The monoisotopic (exact) mass is 511 g/mol. The second-order valence-electron chi connectivity index (χ2n) is 9.08. The highest BCUT2D eigenvalue weighted by Gasteiger charge is 2.28. The van der Waals surface area contributed by atoms with Crippen molar-refractivity contribution in [3.63, 3.8) is 0 Å². The van der Waals surface area contributed by atoms with Gasteiger partial charge in [0.15, 0.2) is 0 Å². The molecule has 0 amide bonds. The topological polar surface area (TPSA) is 114 Å². The Bertz CT molecular complexity index is 1590. The molecule has 3 aromatic heterocycles. The molecule has 36 heavy (non-hydrogen) atoms. The number of hydrogen-bond donors (Lipinski definition) is 1. The zero-order chi connectivity index (χ0) is 25.4. The molecule has 1 N–H and O–H groups in total. The van der Waals surface area contributed by atoms with Gasteiger partial charge in [0.25, 0.3) is 5.56 Å². The third-order valence-corrected chi connectivity index (χ3v) is 8.62. The number of fused-ring (bicyclic) bond motifs is 1. The summed E-state index contributed by atoms with van der Waals surface area (Å²) in [7, 11) is -1.99. The lowest BCUT2D eigenvalue weighted by atomic mass is 10.1. The third-order valence-electron chi connectivity index (χ3n) is 6.70. The van der Waals surface area contributed by atoms with E-state index in [4.69, 9.17) is 4.42 Å². The zero-order valence-corrected chi connectivity index (χ0v) is 21.1. The normalized spacial score (nSPS) is 15.6. The van der Waals surface area contributed by atoms with Gasteiger partial charge in [-0.1, -0.05) is 19.1 Å². The first-order valence-electron chi connectivity index (χ1n) is 12.0. The smallest absolute Gasteiger partial charge is 0.331 e. The standard InChI is InChI=1S/C25H29N5O5S/c1-3-9-30-24(31)23-22(27(2)25(30)32)15-21(26-23)19-4-6-20(7-5-19)36(33,34)29-12-10-28(11-13-29)16-18-8-14-35-17-18/h4-8,14-15,17,26H,3,9-13,16H2,1-2H3. The Labute approximate surface area is 208 Å². The maximum atomic E-state index is 13.2. The van der Waals surface area contributed by atoms with Crippen molar-refractivity contribution in [1.29, 1.82) is 0 Å². The van der Waals surface area contributed by atoms with Crippen molar-refractivity contribution in [1.82, 2.24) is 23.3 Å². The first-order valence-corrected chi connectivity index (χ1v) is 13.4. The average molecular weight is 512 g/mol. The lowest BCUT2D eigenvalue weighted by Gasteiger charge is -2.33. The molecule has 1 fully saturated rings. The minimum absolute atomic E-state index is 0.225. The average Bonchev–Trinajstić information content (AvgIpc) is 3.56. The number of benzene rings is 1. The van der Waals surface area contributed by atoms with Crippen LogP contribution in [0.25, 0.3) is 22.3 Å². The summed E-state index contributed by atoms with van der Waals surface area (Å²) in [5.41, 5.74) is 2.59. The van der Waals surface area contributed by atoms with Crippen LogP contribution in [-0.4, -0.2) is 57.9 Å². The van der Waals surface area contributed by atoms with E-state index in [2.05, 4.69) is 9.88 Å². The van der Waals surface area contributed by atoms with E-state index in [1.54, 1.807) is 49.9 Å². The lowest BCUT2D eigenvalue weighted by molar-refractivity contribution is 0.181. The molecule has 1 aliphatic rings. The van der Waals surface area contributed by atoms with Crippen LogP contribution >= 0.6 is 0 Å². The predicted molar refractivity (Wildman–Crippen MR) is 136 cm³/mol. The van der Waals surface area contributed by atoms with Crippen molar-refractivity contribution in [2.45, 2.75) is 31.3 Å². The van der Waals surface area contributed by atoms with Gasteiger partial charge in [0.05, 0.1) is 22.9 Å². The van der Waals surface area contributed by atoms with Gasteiger partial charge in [0.2, 0.25) is 10.0 Å². The zero-order valence-electron chi connectivity index (χ0n) is 20.3. The van der Waals surface area contributed by atoms with Crippen molar-refractivity contribution in [3.05, 3.63) is 75.3 Å². The van der Waals surface area contributed by atoms with Crippen molar-refractivity contribution >= 4 is 21.1 Å². The molecule has 0 atom stereocenters. The molecule has 0 bridgehead atoms. The van der Waals surface area contributed by atoms with Crippen LogP contribution in [0.1, 0.15) is 18.9 Å². The highest BCUT2D eigenvalue weighted by molar-refractivity contribution is 7.89. The number of aromatic amines is 1. The Morgan fingerprint density at radius 1 is 1.03 bits per heavy atom. The van der Waals surface area contributed by atoms with Crippen LogP contribution in [0, 0.1) is 0 Å². The van der Waals surface area contributed by atoms with E-state index in [-0.39, 0.29) is 16.1 Å². The molecule has 5 rings (SSSR count). The fraction of sp³-hybridized carbons (Fsp3) is 0.360. The van der Waals surface area contributed by atoms with Crippen molar-refractivity contribution in [3.8, 4) is 11.3 Å². The number of aromatic nitrogens is 3. The molecule has 0 radical (unpaired) electrons. The van der Waals surface area contributed by atoms with Crippen molar-refractivity contribution in [2.24, 2.45) is 7.05 Å². The molecule has 0 aliphatic carbocycles. The van der Waals surface area contributed by atoms with E-state index in [0.29, 0.717) is 55.9 Å². The summed E-state index contributed by atoms with van der Waals surface area (Å²) in [5, 5.41) is 0. The molecule has 1 aliphatic heterocycles. The van der Waals surface area contributed by atoms with E-state index in [9.17, 15) is 18.0 Å². The number of rotatable bonds is 7. The number of H-pyrrole nitrogens is 1. The molecule has 11 heteroatoms. The summed E-state index contributed by atoms with van der Waals surface area (Å²) >= 11 is 0. The summed E-state index contributed by atoms with van der Waals surface area (Å²) in [5.74, 6) is 0. The highest BCUT2D eigenvalue weighted by atomic mass is 32.2. The Balaban J connectivity index is 1.35. The predicted octanol–water partition coefficient (Wildman–Crippen LogP) is 2.20. The summed E-state index contributed by atoms with van der Waals surface area (Å²) in [6.45, 7) is 5.12. The van der Waals surface area contributed by atoms with Crippen molar-refractivity contribution < 1.29 is 12.8 Å². The molecule has 1 saturated heterocycles. The van der Waals surface area contributed by atoms with E-state index in [1.807, 2.05) is 13.0 Å². The third kappa shape index (κ3) is 4.34. The van der Waals surface area contributed by atoms with Crippen LogP contribution < -0.4 is 11.2 Å². The molecule has 10 nitrogen and oxygen atoms in total. The van der Waals surface area contributed by atoms with Crippen LogP contribution in [0.15, 0.2) is 67.8 Å². The summed E-state index contributed by atoms with van der Waals surface area (Å²) in [6.07, 6.45) is 4.01. The van der Waals surface area contributed by atoms with Crippen LogP contribution in [0.4, 0.5) is 0 Å². The first kappa shape index (κ1) is 24.3. The van der Waals surface area contributed by atoms with Crippen molar-refractivity contribution in [2.75, 3.05) is 26.2 Å². The van der Waals surface area contributed by atoms with Gasteiger partial charge >= 0.3 is 5.69 Å². The molecular formula is C25H29N5O5S. The van der Waals surface area contributed by atoms with Crippen LogP contribution in [0.2, 0.25) is 0 Å². The highest BCUT2D eigenvalue weighted by Crippen LogP contribution is 2.25. The van der Waals surface area contributed by atoms with E-state index in [0.717, 1.165) is 17.7 Å². The van der Waals surface area contributed by atoms with E-state index in [1.165, 1.54) is 13.4 Å². The molecule has 4 heterocycles. The fourth-order valence-corrected chi connectivity index (χ4v) is 6.10. The number of aryl methyl sites for hydroxylation is 1. The van der Waals surface area contributed by atoms with Gasteiger partial charge in [-0.2, -0.15) is 4.31 Å². The van der Waals surface area contributed by atoms with E-state index >= 15 is 0 Å². The molecule has 1 aromatic carbocycles. The van der Waals surface area contributed by atoms with Gasteiger partial charge in [0.1, 0.15) is 5.52 Å². The van der Waals surface area contributed by atoms with Gasteiger partial charge in [0, 0.05) is 57.6 Å². The van der Waals surface area contributed by atoms with Gasteiger partial charge in [-0.25, -0.2) is 13.2 Å². The van der Waals surface area contributed by atoms with Gasteiger partial charge in [-0.15, -0.1) is 0 Å². The quantitative estimate of drug-likeness (QED) is 0.407. The molecule has 0 unspecified atom stereocenters. The lowest BCUT2D eigenvalue weighted by Crippen LogP contribution is -2.48. The first-order chi connectivity index (χ1) is 17.3. The maximum absolute atomic E-state index is 13.2. The number of piperazine rings is 1. The summed E-state index contributed by atoms with van der Waals surface area (Å²) in [4.78, 5) is 31.0. The number of nitrogens with one attached hydrogen (secondary N) is 1.